The summed E-state index contributed by atoms with van der Waals surface area (Å²) in [6.45, 7) is 0.0127. The number of aromatic nitrogens is 5. The molecule has 0 amide bonds. The maximum atomic E-state index is 11.5. The second-order valence-corrected chi connectivity index (χ2v) is 9.38. The molecule has 0 aliphatic carbocycles. The van der Waals surface area contributed by atoms with Crippen molar-refractivity contribution >= 4 is 30.3 Å². The van der Waals surface area contributed by atoms with E-state index in [2.05, 4.69) is 30.1 Å². The van der Waals surface area contributed by atoms with Crippen LogP contribution in [0.2, 0.25) is 0 Å². The Bertz CT molecular complexity index is 1880. The molecule has 6 rings (SSSR count). The van der Waals surface area contributed by atoms with Crippen LogP contribution in [-0.4, -0.2) is 65.0 Å². The predicted molar refractivity (Wildman–Crippen MR) is 166 cm³/mol. The van der Waals surface area contributed by atoms with E-state index in [1.807, 2.05) is 54.5 Å². The van der Waals surface area contributed by atoms with Gasteiger partial charge in [0, 0.05) is 18.6 Å². The molecule has 6 heterocycles. The molecule has 0 unspecified atom stereocenters. The third kappa shape index (κ3) is 8.19. The van der Waals surface area contributed by atoms with Crippen molar-refractivity contribution in [2.45, 2.75) is 0 Å². The molecular weight excluding hydrogens is 676 g/mol. The first-order chi connectivity index (χ1) is 21.8. The number of carbonyl (C=O) groups is 3. The van der Waals surface area contributed by atoms with Gasteiger partial charge in [-0.15, -0.1) is 5.98 Å². The van der Waals surface area contributed by atoms with E-state index >= 15 is 0 Å². The van der Waals surface area contributed by atoms with Gasteiger partial charge in [-0.2, -0.15) is 6.20 Å². The van der Waals surface area contributed by atoms with Crippen LogP contribution in [0.15, 0.2) is 116 Å². The van der Waals surface area contributed by atoms with Gasteiger partial charge in [0.2, 0.25) is 0 Å². The fourth-order valence-electron chi connectivity index (χ4n) is 4.18. The van der Waals surface area contributed by atoms with E-state index in [9.17, 15) is 19.5 Å². The molecule has 5 aromatic heterocycles. The summed E-state index contributed by atoms with van der Waals surface area (Å²) >= 11 is 0. The fourth-order valence-corrected chi connectivity index (χ4v) is 4.18. The second-order valence-electron chi connectivity index (χ2n) is 9.38. The first-order valence-electron chi connectivity index (χ1n) is 13.3. The third-order valence-electron chi connectivity index (χ3n) is 6.35. The summed E-state index contributed by atoms with van der Waals surface area (Å²) in [5, 5.41) is 32.0. The molecule has 0 saturated carbocycles. The summed E-state index contributed by atoms with van der Waals surface area (Å²) in [4.78, 5) is 55.0. The van der Waals surface area contributed by atoms with E-state index in [1.165, 1.54) is 48.8 Å². The standard InChI is InChI=1S/C18H11N3O6.C14H11BN3.Ru/c22-16(23)9-1-3-19-12(5-9)14-7-11(18(26)27)8-15(21-14)13-6-10(17(24)25)2-4-20-13;1-3-10-16-12(6-1)13-7-5-8-14(18-13)15-9-2-4-11-17-15;/h1-8H,(H,22,23)(H,24,25)(H,26,27);1-11H;/q;-1;+1. The van der Waals surface area contributed by atoms with Crippen LogP contribution in [0.3, 0.4) is 0 Å². The van der Waals surface area contributed by atoms with Gasteiger partial charge in [0.25, 0.3) is 0 Å². The number of hydrogen-bond donors (Lipinski definition) is 3. The van der Waals surface area contributed by atoms with Gasteiger partial charge in [-0.25, -0.2) is 19.4 Å². The molecule has 12 nitrogen and oxygen atoms in total. The Labute approximate surface area is 275 Å². The van der Waals surface area contributed by atoms with Crippen LogP contribution in [-0.2, 0) is 19.5 Å². The molecule has 227 valence electrons. The van der Waals surface area contributed by atoms with Crippen molar-refractivity contribution in [3.05, 3.63) is 138 Å². The summed E-state index contributed by atoms with van der Waals surface area (Å²) in [6, 6.07) is 19.4. The van der Waals surface area contributed by atoms with Crippen molar-refractivity contribution in [2.75, 3.05) is 0 Å². The average molecular weight is 698 g/mol. The van der Waals surface area contributed by atoms with E-state index in [1.54, 1.807) is 12.4 Å². The molecule has 0 spiro atoms. The van der Waals surface area contributed by atoms with Gasteiger partial charge in [0.05, 0.1) is 50.9 Å². The van der Waals surface area contributed by atoms with E-state index < -0.39 is 17.9 Å². The van der Waals surface area contributed by atoms with Crippen LogP contribution in [0.1, 0.15) is 31.1 Å². The van der Waals surface area contributed by atoms with Crippen LogP contribution in [0.25, 0.3) is 39.4 Å². The van der Waals surface area contributed by atoms with Crippen molar-refractivity contribution in [3.63, 3.8) is 0 Å². The minimum atomic E-state index is -1.23. The first kappa shape index (κ1) is 33.0. The maximum absolute atomic E-state index is 11.5. The van der Waals surface area contributed by atoms with Gasteiger partial charge in [0.15, 0.2) is 0 Å². The van der Waals surface area contributed by atoms with E-state index in [0.29, 0.717) is 0 Å². The Hall–Kier alpha value is -5.87. The van der Waals surface area contributed by atoms with Crippen LogP contribution in [0.5, 0.6) is 0 Å². The van der Waals surface area contributed by atoms with Gasteiger partial charge in [0.1, 0.15) is 6.85 Å². The van der Waals surface area contributed by atoms with Crippen LogP contribution < -0.4 is 5.59 Å². The molecule has 0 aromatic carbocycles. The summed E-state index contributed by atoms with van der Waals surface area (Å²) in [6.07, 6.45) is 10.0. The van der Waals surface area contributed by atoms with E-state index in [0.717, 1.165) is 17.0 Å². The van der Waals surface area contributed by atoms with Gasteiger partial charge < -0.3 is 20.5 Å². The summed E-state index contributed by atoms with van der Waals surface area (Å²) in [5.74, 6) is -1.53. The largest absolute Gasteiger partial charge is 1.00 e. The van der Waals surface area contributed by atoms with Crippen molar-refractivity contribution in [1.82, 2.24) is 24.9 Å². The number of carboxylic acid groups (broad SMARTS) is 3. The molecule has 1 aliphatic rings. The van der Waals surface area contributed by atoms with Crippen LogP contribution >= 0.6 is 0 Å². The van der Waals surface area contributed by atoms with E-state index in [-0.39, 0.29) is 65.8 Å². The zero-order chi connectivity index (χ0) is 31.8. The number of pyridine rings is 5. The van der Waals surface area contributed by atoms with Gasteiger partial charge >= 0.3 is 37.4 Å². The summed E-state index contributed by atoms with van der Waals surface area (Å²) < 4.78 is 0. The molecule has 0 atom stereocenters. The molecule has 3 N–H and O–H groups in total. The smallest absolute Gasteiger partial charge is 0.704 e. The fraction of sp³-hybridized carbons (Fsp3) is 0. The molecule has 14 heteroatoms. The summed E-state index contributed by atoms with van der Waals surface area (Å²) in [7, 11) is 0. The van der Waals surface area contributed by atoms with Gasteiger partial charge in [-0.3, -0.25) is 19.9 Å². The quantitative estimate of drug-likeness (QED) is 0.201. The normalized spacial score (nSPS) is 11.3. The average Bonchev–Trinajstić information content (AvgIpc) is 3.09. The minimum Gasteiger partial charge on any atom is -0.704 e. The van der Waals surface area contributed by atoms with Crippen LogP contribution in [0.4, 0.5) is 0 Å². The minimum absolute atomic E-state index is 0. The van der Waals surface area contributed by atoms with Crippen LogP contribution in [0, 0.1) is 0 Å². The first-order valence-corrected chi connectivity index (χ1v) is 13.3. The molecule has 0 bridgehead atoms. The van der Waals surface area contributed by atoms with Crippen molar-refractivity contribution < 1.29 is 49.2 Å². The van der Waals surface area contributed by atoms with Crippen molar-refractivity contribution in [1.29, 1.82) is 0 Å². The zero-order valence-electron chi connectivity index (χ0n) is 23.7. The SMILES string of the molecule is C1=C[N-]B(c2cccc(-c3ccccn3)n2)C=C1.O=C(O)c1ccnc(-c2cc(C(=O)O)cc(-c3cc(C(=O)O)ccn3)n2)c1.[Ru+]. The van der Waals surface area contributed by atoms with Crippen molar-refractivity contribution in [2.24, 2.45) is 0 Å². The number of allylic oxidation sites excluding steroid dienone is 2. The molecule has 1 radical (unpaired) electrons. The monoisotopic (exact) mass is 699 g/mol. The topological polar surface area (TPSA) is 190 Å². The summed E-state index contributed by atoms with van der Waals surface area (Å²) in [5.41, 5.74) is 3.08. The Morgan fingerprint density at radius 3 is 1.65 bits per heavy atom. The molecule has 0 saturated heterocycles. The number of carboxylic acids is 3. The second kappa shape index (κ2) is 15.2. The van der Waals surface area contributed by atoms with Gasteiger partial charge in [-0.1, -0.05) is 30.4 Å². The Morgan fingerprint density at radius 1 is 0.565 bits per heavy atom. The molecule has 0 fully saturated rings. The maximum Gasteiger partial charge on any atom is 1.00 e. The predicted octanol–water partition coefficient (Wildman–Crippen LogP) is 4.64. The molecular formula is C32H22BN6O6Ru. The molecule has 46 heavy (non-hydrogen) atoms. The number of hydrogen-bond acceptors (Lipinski definition) is 8. The molecule has 1 aliphatic heterocycles. The van der Waals surface area contributed by atoms with Crippen molar-refractivity contribution in [3.8, 4) is 34.2 Å². The zero-order valence-corrected chi connectivity index (χ0v) is 25.4. The number of aromatic carboxylic acids is 3. The van der Waals surface area contributed by atoms with E-state index in [4.69, 9.17) is 10.2 Å². The third-order valence-corrected chi connectivity index (χ3v) is 6.35. The number of nitrogens with zero attached hydrogens (tertiary/aromatic N) is 6. The Balaban J connectivity index is 0.000000220. The molecule has 5 aromatic rings. The van der Waals surface area contributed by atoms with Gasteiger partial charge in [-0.05, 0) is 60.2 Å². The number of rotatable bonds is 7. The Morgan fingerprint density at radius 2 is 1.13 bits per heavy atom. The Kier molecular flexibility index (Phi) is 10.9.